The first-order chi connectivity index (χ1) is 11.8. The Morgan fingerprint density at radius 1 is 1.23 bits per heavy atom. The van der Waals surface area contributed by atoms with Crippen molar-refractivity contribution in [2.45, 2.75) is 45.8 Å². The van der Waals surface area contributed by atoms with Gasteiger partial charge in [-0.25, -0.2) is 4.79 Å². The van der Waals surface area contributed by atoms with Gasteiger partial charge >= 0.3 is 6.09 Å². The van der Waals surface area contributed by atoms with E-state index in [1.807, 2.05) is 19.9 Å². The number of nitrogens with zero attached hydrogens (tertiary/aromatic N) is 2. The maximum atomic E-state index is 12.0. The molecule has 144 valence electrons. The Balaban J connectivity index is 2.32. The number of rotatable bonds is 5. The van der Waals surface area contributed by atoms with Crippen molar-refractivity contribution in [1.82, 2.24) is 9.78 Å². The lowest BCUT2D eigenvalue weighted by Crippen LogP contribution is -2.33. The Labute approximate surface area is 153 Å². The van der Waals surface area contributed by atoms with E-state index in [4.69, 9.17) is 8.92 Å². The normalized spacial score (nSPS) is 13.0. The van der Waals surface area contributed by atoms with Gasteiger partial charge in [-0.2, -0.15) is 13.5 Å². The number of carbonyl (C=O) groups excluding carboxylic acids is 1. The molecular formula is C17H25N3O5S. The van der Waals surface area contributed by atoms with Crippen LogP contribution in [-0.2, 0) is 24.6 Å². The van der Waals surface area contributed by atoms with Gasteiger partial charge in [0.25, 0.3) is 10.1 Å². The van der Waals surface area contributed by atoms with Crippen LogP contribution in [0, 0.1) is 0 Å². The van der Waals surface area contributed by atoms with E-state index in [-0.39, 0.29) is 6.61 Å². The summed E-state index contributed by atoms with van der Waals surface area (Å²) in [6.07, 6.45) is 2.06. The van der Waals surface area contributed by atoms with Gasteiger partial charge in [0.2, 0.25) is 0 Å². The molecule has 2 rings (SSSR count). The Morgan fingerprint density at radius 2 is 1.88 bits per heavy atom. The summed E-state index contributed by atoms with van der Waals surface area (Å²) in [4.78, 5) is 12.0. The van der Waals surface area contributed by atoms with E-state index in [0.29, 0.717) is 11.1 Å². The minimum atomic E-state index is -3.56. The zero-order valence-electron chi connectivity index (χ0n) is 15.9. The molecular weight excluding hydrogens is 358 g/mol. The van der Waals surface area contributed by atoms with Crippen molar-refractivity contribution < 1.29 is 22.1 Å². The lowest BCUT2D eigenvalue weighted by molar-refractivity contribution is 0.0636. The molecule has 0 saturated heterocycles. The van der Waals surface area contributed by atoms with Crippen LogP contribution in [0.1, 0.15) is 34.6 Å². The second-order valence-electron chi connectivity index (χ2n) is 7.70. The zero-order valence-corrected chi connectivity index (χ0v) is 16.7. The molecule has 0 aliphatic heterocycles. The molecule has 1 amide bonds. The number of amides is 1. The summed E-state index contributed by atoms with van der Waals surface area (Å²) in [6.45, 7) is 8.93. The van der Waals surface area contributed by atoms with Crippen LogP contribution in [0.4, 0.5) is 10.5 Å². The van der Waals surface area contributed by atoms with Crippen molar-refractivity contribution in [3.8, 4) is 0 Å². The summed E-state index contributed by atoms with van der Waals surface area (Å²) < 4.78 is 34.5. The molecule has 0 unspecified atom stereocenters. The summed E-state index contributed by atoms with van der Waals surface area (Å²) in [5, 5.41) is 7.79. The standard InChI is InChI=1S/C17H25N3O5S/c1-16(2,3)25-15(21)19-13-8-7-9-14-12(13)10-18-20(14)17(4,5)11-24-26(6,22)23/h7-10H,11H2,1-6H3,(H,19,21). The zero-order chi connectivity index (χ0) is 19.8. The van der Waals surface area contributed by atoms with Gasteiger partial charge in [-0.15, -0.1) is 0 Å². The van der Waals surface area contributed by atoms with Crippen molar-refractivity contribution in [1.29, 1.82) is 0 Å². The molecule has 9 heteroatoms. The number of anilines is 1. The van der Waals surface area contributed by atoms with Crippen molar-refractivity contribution in [3.05, 3.63) is 24.4 Å². The third kappa shape index (κ3) is 5.18. The van der Waals surface area contributed by atoms with Gasteiger partial charge in [0, 0.05) is 5.39 Å². The maximum absolute atomic E-state index is 12.0. The van der Waals surface area contributed by atoms with Crippen LogP contribution < -0.4 is 5.32 Å². The predicted molar refractivity (Wildman–Crippen MR) is 99.7 cm³/mol. The molecule has 0 spiro atoms. The molecule has 2 aromatic rings. The van der Waals surface area contributed by atoms with Gasteiger partial charge in [0.15, 0.2) is 0 Å². The number of ether oxygens (including phenoxy) is 1. The smallest absolute Gasteiger partial charge is 0.412 e. The second kappa shape index (κ2) is 6.88. The molecule has 0 aliphatic rings. The van der Waals surface area contributed by atoms with Gasteiger partial charge in [-0.3, -0.25) is 14.2 Å². The number of hydrogen-bond donors (Lipinski definition) is 1. The van der Waals surface area contributed by atoms with Crippen LogP contribution in [0.25, 0.3) is 10.9 Å². The molecule has 0 saturated carbocycles. The van der Waals surface area contributed by atoms with Crippen LogP contribution in [0.15, 0.2) is 24.4 Å². The summed E-state index contributed by atoms with van der Waals surface area (Å²) in [5.74, 6) is 0. The van der Waals surface area contributed by atoms with E-state index in [1.165, 1.54) is 0 Å². The molecule has 1 N–H and O–H groups in total. The first-order valence-electron chi connectivity index (χ1n) is 8.10. The maximum Gasteiger partial charge on any atom is 0.412 e. The highest BCUT2D eigenvalue weighted by molar-refractivity contribution is 7.85. The molecule has 8 nitrogen and oxygen atoms in total. The van der Waals surface area contributed by atoms with E-state index in [0.717, 1.165) is 11.8 Å². The third-order valence-corrected chi connectivity index (χ3v) is 3.99. The van der Waals surface area contributed by atoms with E-state index in [2.05, 4.69) is 10.4 Å². The number of aromatic nitrogens is 2. The molecule has 1 heterocycles. The molecule has 0 aliphatic carbocycles. The minimum absolute atomic E-state index is 0.0632. The molecule has 0 fully saturated rings. The summed E-state index contributed by atoms with van der Waals surface area (Å²) in [7, 11) is -3.56. The summed E-state index contributed by atoms with van der Waals surface area (Å²) in [5.41, 5.74) is -0.0221. The largest absolute Gasteiger partial charge is 0.444 e. The van der Waals surface area contributed by atoms with E-state index < -0.39 is 27.4 Å². The predicted octanol–water partition coefficient (Wildman–Crippen LogP) is 3.09. The van der Waals surface area contributed by atoms with Crippen LogP contribution in [0.5, 0.6) is 0 Å². The van der Waals surface area contributed by atoms with Crippen molar-refractivity contribution in [2.75, 3.05) is 18.2 Å². The van der Waals surface area contributed by atoms with Crippen molar-refractivity contribution in [2.24, 2.45) is 0 Å². The Hall–Kier alpha value is -2.13. The fraction of sp³-hybridized carbons (Fsp3) is 0.529. The van der Waals surface area contributed by atoms with E-state index >= 15 is 0 Å². The molecule has 0 bridgehead atoms. The van der Waals surface area contributed by atoms with E-state index in [9.17, 15) is 13.2 Å². The van der Waals surface area contributed by atoms with E-state index in [1.54, 1.807) is 43.8 Å². The Kier molecular flexibility index (Phi) is 5.34. The number of fused-ring (bicyclic) bond motifs is 1. The van der Waals surface area contributed by atoms with Gasteiger partial charge < -0.3 is 4.74 Å². The molecule has 1 aromatic carbocycles. The third-order valence-electron chi connectivity index (χ3n) is 3.45. The van der Waals surface area contributed by atoms with Gasteiger partial charge in [-0.1, -0.05) is 6.07 Å². The van der Waals surface area contributed by atoms with Gasteiger partial charge in [0.1, 0.15) is 5.60 Å². The molecule has 26 heavy (non-hydrogen) atoms. The summed E-state index contributed by atoms with van der Waals surface area (Å²) in [6, 6.07) is 5.36. The second-order valence-corrected chi connectivity index (χ2v) is 9.34. The minimum Gasteiger partial charge on any atom is -0.444 e. The average Bonchev–Trinajstić information content (AvgIpc) is 2.88. The molecule has 0 radical (unpaired) electrons. The Morgan fingerprint density at radius 3 is 2.46 bits per heavy atom. The highest BCUT2D eigenvalue weighted by Gasteiger charge is 2.26. The average molecular weight is 383 g/mol. The number of benzene rings is 1. The SMILES string of the molecule is CC(C)(C)OC(=O)Nc1cccc2c1cnn2C(C)(C)COS(C)(=O)=O. The highest BCUT2D eigenvalue weighted by atomic mass is 32.2. The lowest BCUT2D eigenvalue weighted by atomic mass is 10.1. The van der Waals surface area contributed by atoms with Crippen LogP contribution >= 0.6 is 0 Å². The van der Waals surface area contributed by atoms with Crippen LogP contribution in [0.2, 0.25) is 0 Å². The quantitative estimate of drug-likeness (QED) is 0.797. The van der Waals surface area contributed by atoms with Crippen LogP contribution in [0.3, 0.4) is 0 Å². The fourth-order valence-corrected chi connectivity index (χ4v) is 2.87. The highest BCUT2D eigenvalue weighted by Crippen LogP contribution is 2.28. The number of carbonyl (C=O) groups is 1. The number of nitrogens with one attached hydrogen (secondary N) is 1. The Bertz CT molecular complexity index is 910. The van der Waals surface area contributed by atoms with Gasteiger partial charge in [-0.05, 0) is 46.8 Å². The molecule has 0 atom stereocenters. The van der Waals surface area contributed by atoms with Crippen molar-refractivity contribution in [3.63, 3.8) is 0 Å². The summed E-state index contributed by atoms with van der Waals surface area (Å²) >= 11 is 0. The monoisotopic (exact) mass is 383 g/mol. The lowest BCUT2D eigenvalue weighted by Gasteiger charge is -2.25. The van der Waals surface area contributed by atoms with Crippen molar-refractivity contribution >= 4 is 32.8 Å². The first kappa shape index (κ1) is 20.2. The molecule has 1 aromatic heterocycles. The topological polar surface area (TPSA) is 99.5 Å². The van der Waals surface area contributed by atoms with Gasteiger partial charge in [0.05, 0.1) is 35.8 Å². The number of hydrogen-bond acceptors (Lipinski definition) is 6. The van der Waals surface area contributed by atoms with Crippen LogP contribution in [-0.4, -0.2) is 42.8 Å². The fourth-order valence-electron chi connectivity index (χ4n) is 2.37. The first-order valence-corrected chi connectivity index (χ1v) is 9.92.